The number of hydrogen-bond donors (Lipinski definition) is 1. The van der Waals surface area contributed by atoms with Gasteiger partial charge in [-0.1, -0.05) is 42.8 Å². The van der Waals surface area contributed by atoms with Gasteiger partial charge in [0.05, 0.1) is 6.54 Å². The quantitative estimate of drug-likeness (QED) is 0.258. The summed E-state index contributed by atoms with van der Waals surface area (Å²) in [5.74, 6) is 1.82. The van der Waals surface area contributed by atoms with Gasteiger partial charge < -0.3 is 14.8 Å². The van der Waals surface area contributed by atoms with E-state index in [0.29, 0.717) is 6.54 Å². The maximum Gasteiger partial charge on any atom is 0.194 e. The molecule has 1 N–H and O–H groups in total. The van der Waals surface area contributed by atoms with Crippen molar-refractivity contribution < 1.29 is 0 Å². The molecule has 0 atom stereocenters. The fourth-order valence-electron chi connectivity index (χ4n) is 2.53. The van der Waals surface area contributed by atoms with E-state index in [2.05, 4.69) is 49.5 Å². The monoisotopic (exact) mass is 502 g/mol. The Kier molecular flexibility index (Phi) is 10.4. The molecule has 0 saturated carbocycles. The molecule has 0 saturated heterocycles. The first-order chi connectivity index (χ1) is 12.5. The van der Waals surface area contributed by atoms with Gasteiger partial charge in [0.25, 0.3) is 0 Å². The minimum Gasteiger partial charge on any atom is -0.354 e. The van der Waals surface area contributed by atoms with Crippen molar-refractivity contribution in [2.75, 3.05) is 20.1 Å². The molecule has 0 radical (unpaired) electrons. The molecule has 6 nitrogen and oxygen atoms in total. The topological polar surface area (TPSA) is 58.3 Å². The van der Waals surface area contributed by atoms with Crippen molar-refractivity contribution in [2.45, 2.75) is 33.4 Å². The van der Waals surface area contributed by atoms with Crippen LogP contribution in [0.15, 0.2) is 47.7 Å². The van der Waals surface area contributed by atoms with E-state index < -0.39 is 0 Å². The maximum absolute atomic E-state index is 6.09. The highest BCUT2D eigenvalue weighted by atomic mass is 127. The zero-order chi connectivity index (χ0) is 18.9. The van der Waals surface area contributed by atoms with Gasteiger partial charge in [0.1, 0.15) is 12.2 Å². The number of aromatic nitrogens is 3. The second kappa shape index (κ2) is 12.0. The lowest BCUT2D eigenvalue weighted by atomic mass is 10.2. The fraction of sp³-hybridized carbons (Fsp3) is 0.421. The lowest BCUT2D eigenvalue weighted by Crippen LogP contribution is -2.40. The minimum atomic E-state index is 0. The third kappa shape index (κ3) is 7.88. The third-order valence-corrected chi connectivity index (χ3v) is 4.05. The van der Waals surface area contributed by atoms with E-state index in [4.69, 9.17) is 11.6 Å². The summed E-state index contributed by atoms with van der Waals surface area (Å²) in [7, 11) is 2.02. The number of nitrogens with one attached hydrogen (secondary N) is 1. The van der Waals surface area contributed by atoms with Gasteiger partial charge in [0, 0.05) is 38.1 Å². The van der Waals surface area contributed by atoms with Crippen molar-refractivity contribution in [2.24, 2.45) is 4.99 Å². The summed E-state index contributed by atoms with van der Waals surface area (Å²) in [4.78, 5) is 6.75. The zero-order valence-corrected chi connectivity index (χ0v) is 19.2. The van der Waals surface area contributed by atoms with E-state index in [1.54, 1.807) is 6.33 Å². The van der Waals surface area contributed by atoms with Crippen molar-refractivity contribution in [3.05, 3.63) is 59.2 Å². The van der Waals surface area contributed by atoms with Gasteiger partial charge in [0.2, 0.25) is 0 Å². The highest BCUT2D eigenvalue weighted by Crippen LogP contribution is 2.12. The molecule has 0 aliphatic heterocycles. The Balaban J connectivity index is 0.00000364. The molecule has 0 amide bonds. The average Bonchev–Trinajstić information content (AvgIpc) is 3.05. The van der Waals surface area contributed by atoms with Crippen LogP contribution in [0, 0.1) is 0 Å². The number of guanidine groups is 1. The van der Waals surface area contributed by atoms with E-state index in [1.807, 2.05) is 32.2 Å². The first-order valence-corrected chi connectivity index (χ1v) is 9.12. The first kappa shape index (κ1) is 23.4. The van der Waals surface area contributed by atoms with E-state index >= 15 is 0 Å². The Hall–Kier alpha value is -1.61. The standard InChI is InChI=1S/C19H27ClN6.HI/c1-5-18-24-23-14-26(18)10-9-21-19(22-12-15(2)3)25(4)13-16-7-6-8-17(20)11-16;/h6-8,11,14H,2,5,9-10,12-13H2,1,3-4H3,(H,21,22);1H. The SMILES string of the molecule is C=C(C)CN=C(NCCn1cnnc1CC)N(C)Cc1cccc(Cl)c1.I. The summed E-state index contributed by atoms with van der Waals surface area (Å²) in [5, 5.41) is 12.2. The van der Waals surface area contributed by atoms with Crippen molar-refractivity contribution in [3.8, 4) is 0 Å². The Morgan fingerprint density at radius 2 is 2.19 bits per heavy atom. The normalized spacial score (nSPS) is 11.0. The molecule has 8 heteroatoms. The van der Waals surface area contributed by atoms with Gasteiger partial charge in [-0.2, -0.15) is 0 Å². The van der Waals surface area contributed by atoms with Crippen LogP contribution in [-0.2, 0) is 19.5 Å². The number of rotatable bonds is 8. The molecule has 148 valence electrons. The number of nitrogens with zero attached hydrogens (tertiary/aromatic N) is 5. The van der Waals surface area contributed by atoms with Crippen LogP contribution in [0.2, 0.25) is 5.02 Å². The van der Waals surface area contributed by atoms with Gasteiger partial charge in [-0.05, 0) is 24.6 Å². The maximum atomic E-state index is 6.09. The molecule has 2 aromatic rings. The number of aliphatic imine (C=N–C) groups is 1. The summed E-state index contributed by atoms with van der Waals surface area (Å²) in [6, 6.07) is 7.87. The number of hydrogen-bond acceptors (Lipinski definition) is 3. The lowest BCUT2D eigenvalue weighted by molar-refractivity contribution is 0.471. The molecule has 2 rings (SSSR count). The summed E-state index contributed by atoms with van der Waals surface area (Å²) in [5.41, 5.74) is 2.16. The highest BCUT2D eigenvalue weighted by molar-refractivity contribution is 14.0. The average molecular weight is 503 g/mol. The van der Waals surface area contributed by atoms with E-state index in [0.717, 1.165) is 54.0 Å². The minimum absolute atomic E-state index is 0. The lowest BCUT2D eigenvalue weighted by Gasteiger charge is -2.23. The second-order valence-electron chi connectivity index (χ2n) is 6.30. The first-order valence-electron chi connectivity index (χ1n) is 8.74. The molecule has 0 bridgehead atoms. The molecule has 1 aromatic heterocycles. The Labute approximate surface area is 183 Å². The van der Waals surface area contributed by atoms with Crippen molar-refractivity contribution >= 4 is 41.5 Å². The van der Waals surface area contributed by atoms with Crippen LogP contribution in [0.4, 0.5) is 0 Å². The van der Waals surface area contributed by atoms with E-state index in [9.17, 15) is 0 Å². The number of halogens is 2. The van der Waals surface area contributed by atoms with E-state index in [-0.39, 0.29) is 24.0 Å². The zero-order valence-electron chi connectivity index (χ0n) is 16.2. The van der Waals surface area contributed by atoms with Crippen LogP contribution in [0.3, 0.4) is 0 Å². The Bertz CT molecular complexity index is 758. The van der Waals surface area contributed by atoms with Crippen LogP contribution in [-0.4, -0.2) is 45.8 Å². The number of aryl methyl sites for hydroxylation is 1. The largest absolute Gasteiger partial charge is 0.354 e. The summed E-state index contributed by atoms with van der Waals surface area (Å²) >= 11 is 6.09. The molecule has 27 heavy (non-hydrogen) atoms. The second-order valence-corrected chi connectivity index (χ2v) is 6.74. The highest BCUT2D eigenvalue weighted by Gasteiger charge is 2.08. The van der Waals surface area contributed by atoms with Gasteiger partial charge in [-0.3, -0.25) is 0 Å². The molecular formula is C19H28ClIN6. The Morgan fingerprint density at radius 1 is 1.41 bits per heavy atom. The fourth-order valence-corrected chi connectivity index (χ4v) is 2.75. The smallest absolute Gasteiger partial charge is 0.194 e. The molecule has 0 spiro atoms. The third-order valence-electron chi connectivity index (χ3n) is 3.82. The van der Waals surface area contributed by atoms with Crippen molar-refractivity contribution in [1.29, 1.82) is 0 Å². The van der Waals surface area contributed by atoms with Crippen LogP contribution >= 0.6 is 35.6 Å². The van der Waals surface area contributed by atoms with Crippen LogP contribution in [0.1, 0.15) is 25.2 Å². The van der Waals surface area contributed by atoms with E-state index in [1.165, 1.54) is 0 Å². The predicted molar refractivity (Wildman–Crippen MR) is 123 cm³/mol. The number of benzene rings is 1. The van der Waals surface area contributed by atoms with Gasteiger partial charge in [0.15, 0.2) is 5.96 Å². The Morgan fingerprint density at radius 3 is 2.85 bits per heavy atom. The molecule has 1 aromatic carbocycles. The van der Waals surface area contributed by atoms with Gasteiger partial charge in [-0.15, -0.1) is 34.2 Å². The molecule has 0 aliphatic rings. The molecule has 1 heterocycles. The van der Waals surface area contributed by atoms with Crippen molar-refractivity contribution in [3.63, 3.8) is 0 Å². The van der Waals surface area contributed by atoms with Crippen LogP contribution < -0.4 is 5.32 Å². The summed E-state index contributed by atoms with van der Waals surface area (Å²) in [6.07, 6.45) is 2.63. The molecule has 0 aliphatic carbocycles. The molecular weight excluding hydrogens is 475 g/mol. The van der Waals surface area contributed by atoms with Crippen molar-refractivity contribution in [1.82, 2.24) is 25.0 Å². The van der Waals surface area contributed by atoms with Gasteiger partial charge >= 0.3 is 0 Å². The summed E-state index contributed by atoms with van der Waals surface area (Å²) in [6.45, 7) is 10.8. The van der Waals surface area contributed by atoms with Gasteiger partial charge in [-0.25, -0.2) is 4.99 Å². The summed E-state index contributed by atoms with van der Waals surface area (Å²) < 4.78 is 2.06. The molecule has 0 unspecified atom stereocenters. The predicted octanol–water partition coefficient (Wildman–Crippen LogP) is 3.77. The van der Waals surface area contributed by atoms with Crippen LogP contribution in [0.5, 0.6) is 0 Å². The molecule has 0 fully saturated rings. The van der Waals surface area contributed by atoms with Crippen LogP contribution in [0.25, 0.3) is 0 Å².